The maximum Gasteiger partial charge on any atom is 0.490 e. The number of carboxylic acids is 1. The Labute approximate surface area is 185 Å². The number of pyridine rings is 1. The predicted octanol–water partition coefficient (Wildman–Crippen LogP) is 3.78. The number of hydrogen-bond donors (Lipinski definition) is 1. The van der Waals surface area contributed by atoms with Crippen LogP contribution in [0.2, 0.25) is 0 Å². The zero-order valence-corrected chi connectivity index (χ0v) is 17.8. The lowest BCUT2D eigenvalue weighted by Crippen LogP contribution is -2.33. The summed E-state index contributed by atoms with van der Waals surface area (Å²) in [7, 11) is 0. The standard InChI is InChI=1S/C19H18N4OS.C2HF3O2/c1-13-6-10-25-18(13)19(24)23-8-4-15-16(5-9-23)21-12-22-17(15)14-3-2-7-20-11-14;3-2(4,5)1(6)7/h2-3,6-7,10-12H,4-5,8-9H2,1H3;(H,6,7). The third-order valence-electron chi connectivity index (χ3n) is 4.81. The highest BCUT2D eigenvalue weighted by Crippen LogP contribution is 2.26. The molecule has 4 heterocycles. The van der Waals surface area contributed by atoms with E-state index in [1.165, 1.54) is 11.3 Å². The molecule has 3 aromatic heterocycles. The number of rotatable bonds is 2. The zero-order chi connectivity index (χ0) is 23.3. The Morgan fingerprint density at radius 1 is 1.16 bits per heavy atom. The van der Waals surface area contributed by atoms with E-state index < -0.39 is 12.1 Å². The molecule has 1 aliphatic rings. The van der Waals surface area contributed by atoms with Gasteiger partial charge in [-0.15, -0.1) is 11.3 Å². The highest BCUT2D eigenvalue weighted by Gasteiger charge is 2.38. The number of halogens is 3. The number of aryl methyl sites for hydroxylation is 1. The van der Waals surface area contributed by atoms with Gasteiger partial charge < -0.3 is 10.0 Å². The average molecular weight is 464 g/mol. The lowest BCUT2D eigenvalue weighted by Gasteiger charge is -2.19. The molecule has 3 aromatic rings. The van der Waals surface area contributed by atoms with Crippen LogP contribution in [0.15, 0.2) is 42.3 Å². The summed E-state index contributed by atoms with van der Waals surface area (Å²) in [5.41, 5.74) is 5.14. The van der Waals surface area contributed by atoms with E-state index in [0.717, 1.165) is 45.8 Å². The molecule has 0 aliphatic carbocycles. The van der Waals surface area contributed by atoms with E-state index in [-0.39, 0.29) is 5.91 Å². The first-order valence-corrected chi connectivity index (χ1v) is 10.4. The summed E-state index contributed by atoms with van der Waals surface area (Å²) in [6.07, 6.45) is 1.62. The van der Waals surface area contributed by atoms with Crippen LogP contribution in [0.1, 0.15) is 26.5 Å². The summed E-state index contributed by atoms with van der Waals surface area (Å²) in [4.78, 5) is 37.7. The topological polar surface area (TPSA) is 96.3 Å². The van der Waals surface area contributed by atoms with Crippen LogP contribution in [0.3, 0.4) is 0 Å². The summed E-state index contributed by atoms with van der Waals surface area (Å²) in [5.74, 6) is -2.64. The summed E-state index contributed by atoms with van der Waals surface area (Å²) in [5, 5.41) is 9.10. The number of nitrogens with zero attached hydrogens (tertiary/aromatic N) is 4. The fourth-order valence-corrected chi connectivity index (χ4v) is 4.11. The largest absolute Gasteiger partial charge is 0.490 e. The summed E-state index contributed by atoms with van der Waals surface area (Å²) >= 11 is 1.51. The average Bonchev–Trinajstić information content (AvgIpc) is 3.07. The Morgan fingerprint density at radius 2 is 1.88 bits per heavy atom. The molecule has 0 fully saturated rings. The molecular weight excluding hydrogens is 445 g/mol. The van der Waals surface area contributed by atoms with E-state index in [1.54, 1.807) is 12.5 Å². The van der Waals surface area contributed by atoms with Crippen molar-refractivity contribution in [1.29, 1.82) is 0 Å². The van der Waals surface area contributed by atoms with Gasteiger partial charge in [0.25, 0.3) is 5.91 Å². The molecule has 0 unspecified atom stereocenters. The number of alkyl halides is 3. The van der Waals surface area contributed by atoms with E-state index in [2.05, 4.69) is 15.0 Å². The maximum atomic E-state index is 12.8. The molecule has 168 valence electrons. The number of fused-ring (bicyclic) bond motifs is 1. The molecule has 0 bridgehead atoms. The third kappa shape index (κ3) is 5.47. The van der Waals surface area contributed by atoms with Crippen LogP contribution in [0, 0.1) is 6.92 Å². The number of amides is 1. The van der Waals surface area contributed by atoms with Crippen molar-refractivity contribution < 1.29 is 27.9 Å². The van der Waals surface area contributed by atoms with Gasteiger partial charge in [0, 0.05) is 48.7 Å². The monoisotopic (exact) mass is 464 g/mol. The van der Waals surface area contributed by atoms with Gasteiger partial charge >= 0.3 is 12.1 Å². The van der Waals surface area contributed by atoms with E-state index in [0.29, 0.717) is 13.1 Å². The molecule has 0 spiro atoms. The SMILES string of the molecule is Cc1ccsc1C(=O)N1CCc2ncnc(-c3cccnc3)c2CC1.O=C(O)C(F)(F)F. The van der Waals surface area contributed by atoms with E-state index in [9.17, 15) is 18.0 Å². The Kier molecular flexibility index (Phi) is 7.18. The van der Waals surface area contributed by atoms with Crippen molar-refractivity contribution in [2.75, 3.05) is 13.1 Å². The molecule has 11 heteroatoms. The molecular formula is C21H19F3N4O3S. The first-order chi connectivity index (χ1) is 15.2. The number of aliphatic carboxylic acids is 1. The van der Waals surface area contributed by atoms with Crippen LogP contribution in [0.25, 0.3) is 11.3 Å². The number of carbonyl (C=O) groups is 2. The Morgan fingerprint density at radius 3 is 2.47 bits per heavy atom. The van der Waals surface area contributed by atoms with E-state index in [1.807, 2.05) is 41.6 Å². The van der Waals surface area contributed by atoms with Crippen molar-refractivity contribution in [3.63, 3.8) is 0 Å². The molecule has 1 N–H and O–H groups in total. The Hall–Kier alpha value is -3.34. The lowest BCUT2D eigenvalue weighted by atomic mass is 10.0. The summed E-state index contributed by atoms with van der Waals surface area (Å²) in [6, 6.07) is 5.92. The number of hydrogen-bond acceptors (Lipinski definition) is 6. The molecule has 0 aromatic carbocycles. The summed E-state index contributed by atoms with van der Waals surface area (Å²) < 4.78 is 31.7. The van der Waals surface area contributed by atoms with Crippen molar-refractivity contribution in [2.24, 2.45) is 0 Å². The Bertz CT molecular complexity index is 1100. The van der Waals surface area contributed by atoms with Crippen LogP contribution >= 0.6 is 11.3 Å². The predicted molar refractivity (Wildman–Crippen MR) is 111 cm³/mol. The van der Waals surface area contributed by atoms with Gasteiger partial charge in [0.2, 0.25) is 0 Å². The van der Waals surface area contributed by atoms with Crippen LogP contribution in [-0.2, 0) is 17.6 Å². The molecule has 0 radical (unpaired) electrons. The number of thiophene rings is 1. The molecule has 0 atom stereocenters. The second kappa shape index (κ2) is 9.86. The van der Waals surface area contributed by atoms with Crippen LogP contribution in [0.5, 0.6) is 0 Å². The van der Waals surface area contributed by atoms with Gasteiger partial charge in [-0.1, -0.05) is 0 Å². The molecule has 0 saturated heterocycles. The molecule has 32 heavy (non-hydrogen) atoms. The van der Waals surface area contributed by atoms with Crippen LogP contribution in [0.4, 0.5) is 13.2 Å². The van der Waals surface area contributed by atoms with Gasteiger partial charge in [0.15, 0.2) is 0 Å². The normalized spacial score (nSPS) is 13.4. The summed E-state index contributed by atoms with van der Waals surface area (Å²) in [6.45, 7) is 3.36. The highest BCUT2D eigenvalue weighted by molar-refractivity contribution is 7.12. The first kappa shape index (κ1) is 23.3. The van der Waals surface area contributed by atoms with Gasteiger partial charge in [-0.2, -0.15) is 13.2 Å². The third-order valence-corrected chi connectivity index (χ3v) is 5.81. The second-order valence-corrected chi connectivity index (χ2v) is 7.83. The lowest BCUT2D eigenvalue weighted by molar-refractivity contribution is -0.192. The van der Waals surface area contributed by atoms with Crippen molar-refractivity contribution in [3.8, 4) is 11.3 Å². The number of aromatic nitrogens is 3. The molecule has 7 nitrogen and oxygen atoms in total. The molecule has 0 saturated carbocycles. The van der Waals surface area contributed by atoms with Crippen molar-refractivity contribution >= 4 is 23.2 Å². The Balaban J connectivity index is 0.000000360. The highest BCUT2D eigenvalue weighted by atomic mass is 32.1. The van der Waals surface area contributed by atoms with Crippen molar-refractivity contribution in [2.45, 2.75) is 25.9 Å². The van der Waals surface area contributed by atoms with Crippen LogP contribution < -0.4 is 0 Å². The first-order valence-electron chi connectivity index (χ1n) is 9.55. The minimum atomic E-state index is -5.08. The van der Waals surface area contributed by atoms with E-state index in [4.69, 9.17) is 9.90 Å². The van der Waals surface area contributed by atoms with Crippen LogP contribution in [-0.4, -0.2) is 56.1 Å². The van der Waals surface area contributed by atoms with Gasteiger partial charge in [0.1, 0.15) is 6.33 Å². The van der Waals surface area contributed by atoms with Crippen molar-refractivity contribution in [1.82, 2.24) is 19.9 Å². The molecule has 1 amide bonds. The minimum absolute atomic E-state index is 0.121. The van der Waals surface area contributed by atoms with Crippen molar-refractivity contribution in [3.05, 3.63) is 64.0 Å². The molecule has 4 rings (SSSR count). The fraction of sp³-hybridized carbons (Fsp3) is 0.286. The zero-order valence-electron chi connectivity index (χ0n) is 17.0. The second-order valence-electron chi connectivity index (χ2n) is 6.92. The smallest absolute Gasteiger partial charge is 0.475 e. The van der Waals surface area contributed by atoms with Gasteiger partial charge in [-0.3, -0.25) is 9.78 Å². The van der Waals surface area contributed by atoms with E-state index >= 15 is 0 Å². The number of carbonyl (C=O) groups excluding carboxylic acids is 1. The fourth-order valence-electron chi connectivity index (χ4n) is 3.22. The maximum absolute atomic E-state index is 12.8. The molecule has 1 aliphatic heterocycles. The number of carboxylic acid groups (broad SMARTS) is 1. The van der Waals surface area contributed by atoms with Gasteiger partial charge in [-0.25, -0.2) is 14.8 Å². The van der Waals surface area contributed by atoms with Gasteiger partial charge in [-0.05, 0) is 42.5 Å². The quantitative estimate of drug-likeness (QED) is 0.620. The minimum Gasteiger partial charge on any atom is -0.475 e. The van der Waals surface area contributed by atoms with Gasteiger partial charge in [0.05, 0.1) is 10.6 Å².